The van der Waals surface area contributed by atoms with E-state index in [9.17, 15) is 0 Å². The van der Waals surface area contributed by atoms with Crippen LogP contribution in [0, 0.1) is 17.2 Å². The predicted octanol–water partition coefficient (Wildman–Crippen LogP) is 2.42. The van der Waals surface area contributed by atoms with Crippen LogP contribution in [0.25, 0.3) is 0 Å². The fraction of sp³-hybridized carbons (Fsp3) is 0.462. The Bertz CT molecular complexity index is 339. The molecule has 1 aliphatic rings. The maximum absolute atomic E-state index is 8.90. The summed E-state index contributed by atoms with van der Waals surface area (Å²) in [5.74, 6) is 0.238. The first-order chi connectivity index (χ1) is 7.38. The van der Waals surface area contributed by atoms with Crippen LogP contribution in [-0.2, 0) is 6.54 Å². The molecule has 0 amide bonds. The van der Waals surface area contributed by atoms with E-state index in [0.717, 1.165) is 32.5 Å². The lowest BCUT2D eigenvalue weighted by molar-refractivity contribution is 0.192. The second-order valence-corrected chi connectivity index (χ2v) is 4.19. The summed E-state index contributed by atoms with van der Waals surface area (Å²) in [6.45, 7) is 3.05. The minimum Gasteiger partial charge on any atom is -0.298 e. The Morgan fingerprint density at radius 3 is 2.87 bits per heavy atom. The van der Waals surface area contributed by atoms with Crippen molar-refractivity contribution in [1.82, 2.24) is 4.90 Å². The van der Waals surface area contributed by atoms with Crippen molar-refractivity contribution in [1.29, 1.82) is 5.26 Å². The van der Waals surface area contributed by atoms with Gasteiger partial charge in [0.1, 0.15) is 0 Å². The van der Waals surface area contributed by atoms with Gasteiger partial charge in [-0.05, 0) is 24.9 Å². The minimum atomic E-state index is 0.238. The maximum Gasteiger partial charge on any atom is 0.0669 e. The zero-order valence-electron chi connectivity index (χ0n) is 8.89. The summed E-state index contributed by atoms with van der Waals surface area (Å²) < 4.78 is 0. The van der Waals surface area contributed by atoms with Crippen LogP contribution >= 0.6 is 0 Å². The van der Waals surface area contributed by atoms with Gasteiger partial charge in [-0.25, -0.2) is 0 Å². The van der Waals surface area contributed by atoms with Gasteiger partial charge in [-0.15, -0.1) is 0 Å². The number of nitriles is 1. The molecular formula is C13H16N2. The fourth-order valence-corrected chi connectivity index (χ4v) is 2.15. The van der Waals surface area contributed by atoms with Crippen molar-refractivity contribution in [2.24, 2.45) is 5.92 Å². The molecule has 2 nitrogen and oxygen atoms in total. The Morgan fingerprint density at radius 2 is 2.13 bits per heavy atom. The van der Waals surface area contributed by atoms with Gasteiger partial charge in [0.25, 0.3) is 0 Å². The molecule has 0 bridgehead atoms. The maximum atomic E-state index is 8.90. The molecule has 1 atom stereocenters. The average molecular weight is 200 g/mol. The first kappa shape index (κ1) is 10.2. The van der Waals surface area contributed by atoms with Crippen molar-refractivity contribution in [3.8, 4) is 6.07 Å². The van der Waals surface area contributed by atoms with Crippen LogP contribution in [0.4, 0.5) is 0 Å². The topological polar surface area (TPSA) is 27.0 Å². The van der Waals surface area contributed by atoms with Gasteiger partial charge >= 0.3 is 0 Å². The van der Waals surface area contributed by atoms with Gasteiger partial charge in [0, 0.05) is 13.1 Å². The van der Waals surface area contributed by atoms with Crippen LogP contribution in [-0.4, -0.2) is 18.0 Å². The van der Waals surface area contributed by atoms with Crippen LogP contribution < -0.4 is 0 Å². The fourth-order valence-electron chi connectivity index (χ4n) is 2.15. The van der Waals surface area contributed by atoms with Gasteiger partial charge in [-0.3, -0.25) is 4.90 Å². The lowest BCUT2D eigenvalue weighted by Gasteiger charge is -2.29. The number of piperidine rings is 1. The quantitative estimate of drug-likeness (QED) is 0.733. The SMILES string of the molecule is N#C[C@H]1CCCN(Cc2ccccc2)C1. The Balaban J connectivity index is 1.93. The van der Waals surface area contributed by atoms with Gasteiger partial charge in [0.05, 0.1) is 12.0 Å². The van der Waals surface area contributed by atoms with Crippen LogP contribution in [0.1, 0.15) is 18.4 Å². The highest BCUT2D eigenvalue weighted by molar-refractivity contribution is 5.14. The van der Waals surface area contributed by atoms with Gasteiger partial charge in [0.15, 0.2) is 0 Å². The smallest absolute Gasteiger partial charge is 0.0669 e. The summed E-state index contributed by atoms with van der Waals surface area (Å²) in [7, 11) is 0. The Morgan fingerprint density at radius 1 is 1.33 bits per heavy atom. The molecule has 15 heavy (non-hydrogen) atoms. The molecule has 0 aromatic heterocycles. The van der Waals surface area contributed by atoms with Gasteiger partial charge in [0.2, 0.25) is 0 Å². The second kappa shape index (κ2) is 4.95. The zero-order valence-corrected chi connectivity index (χ0v) is 8.89. The number of hydrogen-bond donors (Lipinski definition) is 0. The molecule has 78 valence electrons. The molecule has 2 rings (SSSR count). The third-order valence-electron chi connectivity index (χ3n) is 2.94. The minimum absolute atomic E-state index is 0.238. The number of nitrogens with zero attached hydrogens (tertiary/aromatic N) is 2. The lowest BCUT2D eigenvalue weighted by atomic mass is 9.99. The number of rotatable bonds is 2. The van der Waals surface area contributed by atoms with Crippen molar-refractivity contribution in [2.45, 2.75) is 19.4 Å². The number of hydrogen-bond acceptors (Lipinski definition) is 2. The van der Waals surface area contributed by atoms with E-state index in [0.29, 0.717) is 0 Å². The van der Waals surface area contributed by atoms with E-state index in [1.54, 1.807) is 0 Å². The first-order valence-corrected chi connectivity index (χ1v) is 5.54. The van der Waals surface area contributed by atoms with E-state index in [2.05, 4.69) is 35.2 Å². The molecule has 1 fully saturated rings. The van der Waals surface area contributed by atoms with Crippen LogP contribution in [0.15, 0.2) is 30.3 Å². The highest BCUT2D eigenvalue weighted by atomic mass is 15.1. The highest BCUT2D eigenvalue weighted by Crippen LogP contribution is 2.17. The molecule has 0 radical (unpaired) electrons. The third kappa shape index (κ3) is 2.81. The average Bonchev–Trinajstić information content (AvgIpc) is 2.31. The monoisotopic (exact) mass is 200 g/mol. The Labute approximate surface area is 91.1 Å². The van der Waals surface area contributed by atoms with E-state index in [-0.39, 0.29) is 5.92 Å². The van der Waals surface area contributed by atoms with E-state index >= 15 is 0 Å². The van der Waals surface area contributed by atoms with Gasteiger partial charge < -0.3 is 0 Å². The molecule has 1 heterocycles. The molecule has 0 saturated carbocycles. The molecule has 0 spiro atoms. The summed E-state index contributed by atoms with van der Waals surface area (Å²) in [4.78, 5) is 2.38. The van der Waals surface area contributed by atoms with E-state index in [4.69, 9.17) is 5.26 Å². The van der Waals surface area contributed by atoms with E-state index in [1.807, 2.05) is 6.07 Å². The largest absolute Gasteiger partial charge is 0.298 e. The first-order valence-electron chi connectivity index (χ1n) is 5.54. The molecular weight excluding hydrogens is 184 g/mol. The van der Waals surface area contributed by atoms with Crippen molar-refractivity contribution in [3.05, 3.63) is 35.9 Å². The molecule has 1 aliphatic heterocycles. The molecule has 0 aliphatic carbocycles. The summed E-state index contributed by atoms with van der Waals surface area (Å²) in [6, 6.07) is 12.9. The van der Waals surface area contributed by atoms with Crippen molar-refractivity contribution < 1.29 is 0 Å². The number of benzene rings is 1. The predicted molar refractivity (Wildman–Crippen MR) is 60.1 cm³/mol. The molecule has 0 unspecified atom stereocenters. The van der Waals surface area contributed by atoms with Crippen molar-refractivity contribution >= 4 is 0 Å². The molecule has 1 saturated heterocycles. The van der Waals surface area contributed by atoms with Crippen LogP contribution in [0.5, 0.6) is 0 Å². The van der Waals surface area contributed by atoms with Gasteiger partial charge in [-0.2, -0.15) is 5.26 Å². The highest BCUT2D eigenvalue weighted by Gasteiger charge is 2.18. The lowest BCUT2D eigenvalue weighted by Crippen LogP contribution is -2.34. The molecule has 1 aromatic carbocycles. The molecule has 2 heteroatoms. The Hall–Kier alpha value is -1.33. The van der Waals surface area contributed by atoms with E-state index in [1.165, 1.54) is 5.56 Å². The Kier molecular flexibility index (Phi) is 3.37. The third-order valence-corrected chi connectivity index (χ3v) is 2.94. The second-order valence-electron chi connectivity index (χ2n) is 4.19. The van der Waals surface area contributed by atoms with E-state index < -0.39 is 0 Å². The molecule has 0 N–H and O–H groups in total. The normalized spacial score (nSPS) is 22.2. The van der Waals surface area contributed by atoms with Crippen LogP contribution in [0.2, 0.25) is 0 Å². The standard InChI is InChI=1S/C13H16N2/c14-9-13-7-4-8-15(11-13)10-12-5-2-1-3-6-12/h1-3,5-6,13H,4,7-8,10-11H2/t13-/m1/s1. The summed E-state index contributed by atoms with van der Waals surface area (Å²) in [5, 5.41) is 8.90. The number of likely N-dealkylation sites (tertiary alicyclic amines) is 1. The summed E-state index contributed by atoms with van der Waals surface area (Å²) >= 11 is 0. The van der Waals surface area contributed by atoms with Crippen LogP contribution in [0.3, 0.4) is 0 Å². The summed E-state index contributed by atoms with van der Waals surface area (Å²) in [6.07, 6.45) is 2.23. The molecule has 1 aromatic rings. The van der Waals surface area contributed by atoms with Crippen molar-refractivity contribution in [3.63, 3.8) is 0 Å². The van der Waals surface area contributed by atoms with Crippen molar-refractivity contribution in [2.75, 3.05) is 13.1 Å². The zero-order chi connectivity index (χ0) is 10.5. The van der Waals surface area contributed by atoms with Gasteiger partial charge in [-0.1, -0.05) is 30.3 Å². The summed E-state index contributed by atoms with van der Waals surface area (Å²) in [5.41, 5.74) is 1.34.